The maximum atomic E-state index is 12.0. The van der Waals surface area contributed by atoms with Crippen LogP contribution in [-0.2, 0) is 11.2 Å². The van der Waals surface area contributed by atoms with Gasteiger partial charge in [-0.1, -0.05) is 5.21 Å². The van der Waals surface area contributed by atoms with Crippen molar-refractivity contribution in [2.45, 2.75) is 26.3 Å². The van der Waals surface area contributed by atoms with Crippen molar-refractivity contribution in [3.63, 3.8) is 0 Å². The first kappa shape index (κ1) is 12.7. The number of H-pyrrole nitrogens is 1. The molecule has 3 aromatic rings. The third-order valence-electron chi connectivity index (χ3n) is 2.87. The number of nitrogens with zero attached hydrogens (tertiary/aromatic N) is 5. The molecule has 0 aliphatic rings. The smallest absolute Gasteiger partial charge is 0.226 e. The van der Waals surface area contributed by atoms with Crippen LogP contribution in [0.3, 0.4) is 0 Å². The summed E-state index contributed by atoms with van der Waals surface area (Å²) in [7, 11) is 0. The molecule has 20 heavy (non-hydrogen) atoms. The lowest BCUT2D eigenvalue weighted by Crippen LogP contribution is -2.29. The fourth-order valence-electron chi connectivity index (χ4n) is 1.94. The van der Waals surface area contributed by atoms with Crippen LogP contribution in [0.1, 0.15) is 30.2 Å². The molecular formula is C11H13N7OS. The summed E-state index contributed by atoms with van der Waals surface area (Å²) in [6, 6.07) is -0.278. The Morgan fingerprint density at radius 1 is 1.60 bits per heavy atom. The molecule has 3 aromatic heterocycles. The third-order valence-corrected chi connectivity index (χ3v) is 3.76. The Morgan fingerprint density at radius 2 is 2.45 bits per heavy atom. The molecule has 8 nitrogen and oxygen atoms in total. The Labute approximate surface area is 118 Å². The number of fused-ring (bicyclic) bond motifs is 1. The second kappa shape index (κ2) is 5.00. The SMILES string of the molecule is Cc1cn2c(CC(=O)NC(C)c3nn[nH]n3)csc2n1. The number of aromatic amines is 1. The maximum Gasteiger partial charge on any atom is 0.226 e. The van der Waals surface area contributed by atoms with Crippen LogP contribution in [0.4, 0.5) is 0 Å². The van der Waals surface area contributed by atoms with Gasteiger partial charge in [0.15, 0.2) is 10.8 Å². The van der Waals surface area contributed by atoms with E-state index in [2.05, 4.69) is 30.9 Å². The average Bonchev–Trinajstić information content (AvgIpc) is 3.07. The highest BCUT2D eigenvalue weighted by atomic mass is 32.1. The first-order valence-electron chi connectivity index (χ1n) is 6.08. The molecule has 0 aromatic carbocycles. The molecule has 3 rings (SSSR count). The van der Waals surface area contributed by atoms with Crippen LogP contribution >= 0.6 is 11.3 Å². The van der Waals surface area contributed by atoms with E-state index in [0.717, 1.165) is 16.3 Å². The summed E-state index contributed by atoms with van der Waals surface area (Å²) < 4.78 is 1.94. The molecule has 0 aliphatic heterocycles. The van der Waals surface area contributed by atoms with E-state index in [1.165, 1.54) is 11.3 Å². The topological polar surface area (TPSA) is 101 Å². The van der Waals surface area contributed by atoms with Gasteiger partial charge in [0, 0.05) is 17.3 Å². The Morgan fingerprint density at radius 3 is 3.20 bits per heavy atom. The molecule has 0 aliphatic carbocycles. The summed E-state index contributed by atoms with van der Waals surface area (Å²) in [5, 5.41) is 18.3. The van der Waals surface area contributed by atoms with Crippen LogP contribution in [-0.4, -0.2) is 35.9 Å². The number of carbonyl (C=O) groups excluding carboxylic acids is 1. The number of tetrazole rings is 1. The van der Waals surface area contributed by atoms with Crippen LogP contribution < -0.4 is 5.32 Å². The summed E-state index contributed by atoms with van der Waals surface area (Å²) in [5.74, 6) is 0.376. The van der Waals surface area contributed by atoms with Gasteiger partial charge in [-0.2, -0.15) is 5.21 Å². The number of nitrogens with one attached hydrogen (secondary N) is 2. The number of aromatic nitrogens is 6. The predicted molar refractivity (Wildman–Crippen MR) is 72.2 cm³/mol. The number of aryl methyl sites for hydroxylation is 1. The van der Waals surface area contributed by atoms with Crippen LogP contribution in [0.2, 0.25) is 0 Å². The van der Waals surface area contributed by atoms with Crippen LogP contribution in [0.25, 0.3) is 4.96 Å². The van der Waals surface area contributed by atoms with Crippen molar-refractivity contribution in [1.29, 1.82) is 0 Å². The van der Waals surface area contributed by atoms with Crippen molar-refractivity contribution in [3.8, 4) is 0 Å². The van der Waals surface area contributed by atoms with Crippen LogP contribution in [0.5, 0.6) is 0 Å². The van der Waals surface area contributed by atoms with Gasteiger partial charge in [-0.15, -0.1) is 21.5 Å². The average molecular weight is 291 g/mol. The van der Waals surface area contributed by atoms with Gasteiger partial charge in [0.2, 0.25) is 5.91 Å². The molecule has 104 valence electrons. The van der Waals surface area contributed by atoms with Crippen molar-refractivity contribution >= 4 is 22.2 Å². The number of hydrogen-bond acceptors (Lipinski definition) is 6. The monoisotopic (exact) mass is 291 g/mol. The second-order valence-corrected chi connectivity index (χ2v) is 5.33. The Hall–Kier alpha value is -2.29. The van der Waals surface area contributed by atoms with Gasteiger partial charge >= 0.3 is 0 Å². The number of imidazole rings is 1. The molecule has 0 fully saturated rings. The number of amides is 1. The highest BCUT2D eigenvalue weighted by Gasteiger charge is 2.15. The number of thiazole rings is 1. The van der Waals surface area contributed by atoms with Crippen molar-refractivity contribution < 1.29 is 4.79 Å². The third kappa shape index (κ3) is 2.39. The minimum Gasteiger partial charge on any atom is -0.346 e. The van der Waals surface area contributed by atoms with Gasteiger partial charge < -0.3 is 5.32 Å². The van der Waals surface area contributed by atoms with Crippen molar-refractivity contribution in [2.24, 2.45) is 0 Å². The lowest BCUT2D eigenvalue weighted by molar-refractivity contribution is -0.121. The standard InChI is InChI=1S/C11H13N7OS/c1-6-4-18-8(5-20-11(18)12-6)3-9(19)13-7(2)10-14-16-17-15-10/h4-5,7H,3H2,1-2H3,(H,13,19)(H,14,15,16,17). The van der Waals surface area contributed by atoms with Crippen molar-refractivity contribution in [2.75, 3.05) is 0 Å². The molecule has 0 bridgehead atoms. The quantitative estimate of drug-likeness (QED) is 0.734. The van der Waals surface area contributed by atoms with Gasteiger partial charge in [-0.25, -0.2) is 4.98 Å². The zero-order valence-electron chi connectivity index (χ0n) is 11.0. The summed E-state index contributed by atoms with van der Waals surface area (Å²) in [5.41, 5.74) is 1.86. The summed E-state index contributed by atoms with van der Waals surface area (Å²) >= 11 is 1.53. The maximum absolute atomic E-state index is 12.0. The zero-order chi connectivity index (χ0) is 14.1. The minimum absolute atomic E-state index is 0.0895. The van der Waals surface area contributed by atoms with Crippen LogP contribution in [0, 0.1) is 6.92 Å². The fourth-order valence-corrected chi connectivity index (χ4v) is 2.86. The molecule has 0 saturated heterocycles. The van der Waals surface area contributed by atoms with Crippen molar-refractivity contribution in [1.82, 2.24) is 35.3 Å². The van der Waals surface area contributed by atoms with Crippen molar-refractivity contribution in [3.05, 3.63) is 28.8 Å². The van der Waals surface area contributed by atoms with Crippen LogP contribution in [0.15, 0.2) is 11.6 Å². The summed E-state index contributed by atoms with van der Waals surface area (Å²) in [4.78, 5) is 17.3. The molecule has 1 unspecified atom stereocenters. The molecule has 2 N–H and O–H groups in total. The molecule has 0 spiro atoms. The zero-order valence-corrected chi connectivity index (χ0v) is 11.8. The summed E-state index contributed by atoms with van der Waals surface area (Å²) in [6.45, 7) is 3.75. The number of rotatable bonds is 4. The minimum atomic E-state index is -0.278. The number of carbonyl (C=O) groups is 1. The van der Waals surface area contributed by atoms with E-state index >= 15 is 0 Å². The Balaban J connectivity index is 1.69. The highest BCUT2D eigenvalue weighted by Crippen LogP contribution is 2.17. The molecule has 0 saturated carbocycles. The lowest BCUT2D eigenvalue weighted by atomic mass is 10.2. The van der Waals surface area contributed by atoms with Gasteiger partial charge in [0.25, 0.3) is 0 Å². The van der Waals surface area contributed by atoms with E-state index < -0.39 is 0 Å². The van der Waals surface area contributed by atoms with Gasteiger partial charge in [-0.05, 0) is 13.8 Å². The molecule has 1 amide bonds. The van der Waals surface area contributed by atoms with E-state index in [-0.39, 0.29) is 18.4 Å². The van der Waals surface area contributed by atoms with E-state index in [1.54, 1.807) is 0 Å². The predicted octanol–water partition coefficient (Wildman–Crippen LogP) is 0.637. The Bertz CT molecular complexity index is 729. The largest absolute Gasteiger partial charge is 0.346 e. The molecule has 1 atom stereocenters. The first-order chi connectivity index (χ1) is 9.63. The fraction of sp³-hybridized carbons (Fsp3) is 0.364. The molecular weight excluding hydrogens is 278 g/mol. The molecule has 3 heterocycles. The number of hydrogen-bond donors (Lipinski definition) is 2. The highest BCUT2D eigenvalue weighted by molar-refractivity contribution is 7.15. The van der Waals surface area contributed by atoms with E-state index in [9.17, 15) is 4.79 Å². The second-order valence-electron chi connectivity index (χ2n) is 4.50. The van der Waals surface area contributed by atoms with Gasteiger partial charge in [0.05, 0.1) is 18.2 Å². The van der Waals surface area contributed by atoms with E-state index in [0.29, 0.717) is 5.82 Å². The van der Waals surface area contributed by atoms with Gasteiger partial charge in [-0.3, -0.25) is 9.20 Å². The molecule has 9 heteroatoms. The molecule has 0 radical (unpaired) electrons. The van der Waals surface area contributed by atoms with E-state index in [1.807, 2.05) is 29.8 Å². The Kier molecular flexibility index (Phi) is 3.18. The van der Waals surface area contributed by atoms with E-state index in [4.69, 9.17) is 0 Å². The van der Waals surface area contributed by atoms with Gasteiger partial charge in [0.1, 0.15) is 0 Å². The summed E-state index contributed by atoms with van der Waals surface area (Å²) in [6.07, 6.45) is 2.22. The lowest BCUT2D eigenvalue weighted by Gasteiger charge is -2.09. The first-order valence-corrected chi connectivity index (χ1v) is 6.96. The normalized spacial score (nSPS) is 12.7.